The summed E-state index contributed by atoms with van der Waals surface area (Å²) < 4.78 is 38.0. The summed E-state index contributed by atoms with van der Waals surface area (Å²) in [5.74, 6) is -1.31. The monoisotopic (exact) mass is 321 g/mol. The summed E-state index contributed by atoms with van der Waals surface area (Å²) in [5.41, 5.74) is 0. The molecule has 0 radical (unpaired) electrons. The van der Waals surface area contributed by atoms with Crippen molar-refractivity contribution < 1.29 is 18.0 Å². The summed E-state index contributed by atoms with van der Waals surface area (Å²) in [6, 6.07) is 1.16. The molecule has 4 nitrogen and oxygen atoms in total. The topological polar surface area (TPSA) is 45.2 Å². The summed E-state index contributed by atoms with van der Waals surface area (Å²) >= 11 is 5.65. The maximum absolute atomic E-state index is 13.8. The molecule has 8 heteroatoms. The Labute approximate surface area is 125 Å². The number of pyridine rings is 1. The van der Waals surface area contributed by atoms with Crippen molar-refractivity contribution in [2.24, 2.45) is 5.92 Å². The van der Waals surface area contributed by atoms with Crippen LogP contribution < -0.4 is 10.2 Å². The molecule has 1 fully saturated rings. The molecule has 1 N–H and O–H groups in total. The second-order valence-electron chi connectivity index (χ2n) is 4.88. The molecule has 1 amide bonds. The predicted molar refractivity (Wildman–Crippen MR) is 73.2 cm³/mol. The molecular formula is C13H15ClF3N3O. The molecule has 116 valence electrons. The summed E-state index contributed by atoms with van der Waals surface area (Å²) in [4.78, 5) is 17.4. The van der Waals surface area contributed by atoms with Gasteiger partial charge in [0.05, 0.1) is 17.5 Å². The molecule has 1 saturated heterocycles. The van der Waals surface area contributed by atoms with E-state index in [4.69, 9.17) is 11.6 Å². The van der Waals surface area contributed by atoms with E-state index in [1.165, 1.54) is 6.20 Å². The van der Waals surface area contributed by atoms with E-state index < -0.39 is 30.6 Å². The van der Waals surface area contributed by atoms with Gasteiger partial charge in [0.1, 0.15) is 0 Å². The number of piperidine rings is 1. The molecule has 2 rings (SSSR count). The zero-order valence-corrected chi connectivity index (χ0v) is 11.9. The number of amides is 1. The minimum Gasteiger partial charge on any atom is -0.353 e. The average Bonchev–Trinajstić information content (AvgIpc) is 2.45. The highest BCUT2D eigenvalue weighted by molar-refractivity contribution is 6.30. The lowest BCUT2D eigenvalue weighted by Gasteiger charge is -2.33. The van der Waals surface area contributed by atoms with Gasteiger partial charge in [0.15, 0.2) is 11.6 Å². The number of halogens is 4. The summed E-state index contributed by atoms with van der Waals surface area (Å²) in [7, 11) is 0. The van der Waals surface area contributed by atoms with Gasteiger partial charge in [-0.15, -0.1) is 0 Å². The second kappa shape index (κ2) is 6.98. The van der Waals surface area contributed by atoms with Gasteiger partial charge in [-0.2, -0.15) is 0 Å². The fourth-order valence-electron chi connectivity index (χ4n) is 2.35. The molecule has 1 aromatic rings. The molecule has 1 unspecified atom stereocenters. The normalized spacial score (nSPS) is 18.9. The smallest absolute Gasteiger partial charge is 0.255 e. The highest BCUT2D eigenvalue weighted by Gasteiger charge is 2.28. The molecule has 0 saturated carbocycles. The molecule has 0 aromatic carbocycles. The number of hydrogen-bond acceptors (Lipinski definition) is 3. The molecule has 1 aromatic heterocycles. The van der Waals surface area contributed by atoms with Crippen LogP contribution in [0.1, 0.15) is 12.8 Å². The van der Waals surface area contributed by atoms with Gasteiger partial charge in [0.2, 0.25) is 5.91 Å². The second-order valence-corrected chi connectivity index (χ2v) is 5.32. The molecule has 1 aliphatic rings. The molecule has 2 heterocycles. The van der Waals surface area contributed by atoms with Gasteiger partial charge in [0.25, 0.3) is 6.43 Å². The van der Waals surface area contributed by atoms with Crippen molar-refractivity contribution in [1.29, 1.82) is 0 Å². The molecular weight excluding hydrogens is 307 g/mol. The molecule has 1 aliphatic heterocycles. The fourth-order valence-corrected chi connectivity index (χ4v) is 2.49. The van der Waals surface area contributed by atoms with Crippen LogP contribution in [-0.4, -0.2) is 37.0 Å². The fraction of sp³-hybridized carbons (Fsp3) is 0.538. The van der Waals surface area contributed by atoms with E-state index in [0.29, 0.717) is 19.4 Å². The van der Waals surface area contributed by atoms with E-state index in [2.05, 4.69) is 10.3 Å². The number of hydrogen-bond donors (Lipinski definition) is 1. The number of anilines is 1. The van der Waals surface area contributed by atoms with Gasteiger partial charge in [-0.1, -0.05) is 11.6 Å². The Balaban J connectivity index is 2.01. The third kappa shape index (κ3) is 4.23. The van der Waals surface area contributed by atoms with E-state index in [-0.39, 0.29) is 17.4 Å². The lowest BCUT2D eigenvalue weighted by atomic mass is 9.97. The Kier molecular flexibility index (Phi) is 5.27. The number of alkyl halides is 2. The van der Waals surface area contributed by atoms with Crippen molar-refractivity contribution in [3.05, 3.63) is 23.1 Å². The first kappa shape index (κ1) is 15.9. The predicted octanol–water partition coefficient (Wildman–Crippen LogP) is 2.47. The quantitative estimate of drug-likeness (QED) is 0.926. The Morgan fingerprint density at radius 2 is 2.33 bits per heavy atom. The highest BCUT2D eigenvalue weighted by Crippen LogP contribution is 2.25. The lowest BCUT2D eigenvalue weighted by Crippen LogP contribution is -2.44. The van der Waals surface area contributed by atoms with Crippen LogP contribution in [0.2, 0.25) is 5.02 Å². The number of nitrogens with zero attached hydrogens (tertiary/aromatic N) is 2. The van der Waals surface area contributed by atoms with Gasteiger partial charge in [-0.05, 0) is 18.9 Å². The van der Waals surface area contributed by atoms with Crippen molar-refractivity contribution in [1.82, 2.24) is 10.3 Å². The minimum atomic E-state index is -2.58. The van der Waals surface area contributed by atoms with Crippen molar-refractivity contribution in [2.45, 2.75) is 19.3 Å². The van der Waals surface area contributed by atoms with E-state index in [1.54, 1.807) is 4.90 Å². The summed E-state index contributed by atoms with van der Waals surface area (Å²) in [6.45, 7) is 0.147. The summed E-state index contributed by atoms with van der Waals surface area (Å²) in [6.07, 6.45) is 0.00148. The van der Waals surface area contributed by atoms with Crippen LogP contribution in [0.4, 0.5) is 19.0 Å². The van der Waals surface area contributed by atoms with E-state index in [9.17, 15) is 18.0 Å². The SMILES string of the molecule is O=C(NCC(F)F)C1CCCN(c2ncc(Cl)cc2F)C1. The van der Waals surface area contributed by atoms with E-state index in [1.807, 2.05) is 0 Å². The molecule has 0 bridgehead atoms. The van der Waals surface area contributed by atoms with Crippen LogP contribution in [0.25, 0.3) is 0 Å². The maximum atomic E-state index is 13.8. The summed E-state index contributed by atoms with van der Waals surface area (Å²) in [5, 5.41) is 2.39. The number of carbonyl (C=O) groups is 1. The first-order valence-electron chi connectivity index (χ1n) is 6.59. The minimum absolute atomic E-state index is 0.130. The Hall–Kier alpha value is -1.50. The Morgan fingerprint density at radius 3 is 3.00 bits per heavy atom. The maximum Gasteiger partial charge on any atom is 0.255 e. The third-order valence-electron chi connectivity index (χ3n) is 3.31. The molecule has 1 atom stereocenters. The Morgan fingerprint density at radius 1 is 1.57 bits per heavy atom. The van der Waals surface area contributed by atoms with Crippen LogP contribution in [0, 0.1) is 11.7 Å². The standard InChI is InChI=1S/C13H15ClF3N3O/c14-9-4-10(15)12(18-5-9)20-3-1-2-8(7-20)13(21)19-6-11(16)17/h4-5,8,11H,1-3,6-7H2,(H,19,21). The van der Waals surface area contributed by atoms with E-state index >= 15 is 0 Å². The molecule has 0 aliphatic carbocycles. The zero-order chi connectivity index (χ0) is 15.4. The van der Waals surface area contributed by atoms with Crippen molar-refractivity contribution in [3.8, 4) is 0 Å². The zero-order valence-electron chi connectivity index (χ0n) is 11.2. The first-order chi connectivity index (χ1) is 9.97. The van der Waals surface area contributed by atoms with Crippen LogP contribution >= 0.6 is 11.6 Å². The van der Waals surface area contributed by atoms with Gasteiger partial charge < -0.3 is 10.2 Å². The highest BCUT2D eigenvalue weighted by atomic mass is 35.5. The van der Waals surface area contributed by atoms with E-state index in [0.717, 1.165) is 6.07 Å². The third-order valence-corrected chi connectivity index (χ3v) is 3.52. The van der Waals surface area contributed by atoms with Crippen LogP contribution in [0.3, 0.4) is 0 Å². The van der Waals surface area contributed by atoms with Gasteiger partial charge >= 0.3 is 0 Å². The largest absolute Gasteiger partial charge is 0.353 e. The number of rotatable bonds is 4. The Bertz CT molecular complexity index is 515. The first-order valence-corrected chi connectivity index (χ1v) is 6.97. The molecule has 0 spiro atoms. The van der Waals surface area contributed by atoms with Crippen LogP contribution in [0.5, 0.6) is 0 Å². The van der Waals surface area contributed by atoms with Gasteiger partial charge in [-0.25, -0.2) is 18.2 Å². The van der Waals surface area contributed by atoms with Gasteiger partial charge in [-0.3, -0.25) is 4.79 Å². The number of nitrogens with one attached hydrogen (secondary N) is 1. The van der Waals surface area contributed by atoms with Crippen molar-refractivity contribution in [2.75, 3.05) is 24.5 Å². The van der Waals surface area contributed by atoms with Crippen LogP contribution in [-0.2, 0) is 4.79 Å². The number of carbonyl (C=O) groups excluding carboxylic acids is 1. The van der Waals surface area contributed by atoms with Crippen molar-refractivity contribution >= 4 is 23.3 Å². The van der Waals surface area contributed by atoms with Gasteiger partial charge in [0, 0.05) is 19.3 Å². The molecule has 21 heavy (non-hydrogen) atoms. The lowest BCUT2D eigenvalue weighted by molar-refractivity contribution is -0.125. The van der Waals surface area contributed by atoms with Crippen molar-refractivity contribution in [3.63, 3.8) is 0 Å². The average molecular weight is 322 g/mol. The van der Waals surface area contributed by atoms with Crippen LogP contribution in [0.15, 0.2) is 12.3 Å². The number of aromatic nitrogens is 1.